The van der Waals surface area contributed by atoms with Crippen molar-refractivity contribution in [1.82, 2.24) is 19.9 Å². The molecule has 1 atom stereocenters. The lowest BCUT2D eigenvalue weighted by Crippen LogP contribution is -2.29. The topological polar surface area (TPSA) is 77.8 Å². The highest BCUT2D eigenvalue weighted by Crippen LogP contribution is 2.34. The summed E-state index contributed by atoms with van der Waals surface area (Å²) in [4.78, 5) is 13.3. The SMILES string of the molecule is CC(NC(=O)CSc1ccc2c(c1)OCCO2)c1nnc2ccccn12. The molecule has 0 aliphatic carbocycles. The van der Waals surface area contributed by atoms with Crippen molar-refractivity contribution >= 4 is 23.3 Å². The van der Waals surface area contributed by atoms with Crippen LogP contribution >= 0.6 is 11.8 Å². The van der Waals surface area contributed by atoms with Gasteiger partial charge in [-0.25, -0.2) is 0 Å². The van der Waals surface area contributed by atoms with E-state index < -0.39 is 0 Å². The molecular formula is C18H18N4O3S. The van der Waals surface area contributed by atoms with Crippen molar-refractivity contribution in [2.45, 2.75) is 17.9 Å². The van der Waals surface area contributed by atoms with E-state index in [4.69, 9.17) is 9.47 Å². The maximum Gasteiger partial charge on any atom is 0.230 e. The maximum atomic E-state index is 12.3. The van der Waals surface area contributed by atoms with Crippen molar-refractivity contribution in [1.29, 1.82) is 0 Å². The van der Waals surface area contributed by atoms with Crippen molar-refractivity contribution < 1.29 is 14.3 Å². The van der Waals surface area contributed by atoms with Gasteiger partial charge in [0.1, 0.15) is 13.2 Å². The fraction of sp³-hybridized carbons (Fsp3) is 0.278. The van der Waals surface area contributed by atoms with Crippen LogP contribution in [0.3, 0.4) is 0 Å². The number of fused-ring (bicyclic) bond motifs is 2. The molecule has 26 heavy (non-hydrogen) atoms. The number of hydrogen-bond acceptors (Lipinski definition) is 6. The predicted octanol–water partition coefficient (Wildman–Crippen LogP) is 2.47. The van der Waals surface area contributed by atoms with Crippen molar-refractivity contribution in [3.63, 3.8) is 0 Å². The van der Waals surface area contributed by atoms with Crippen LogP contribution in [0.25, 0.3) is 5.65 Å². The molecule has 7 nitrogen and oxygen atoms in total. The van der Waals surface area contributed by atoms with Gasteiger partial charge in [-0.3, -0.25) is 9.20 Å². The van der Waals surface area contributed by atoms with Gasteiger partial charge >= 0.3 is 0 Å². The number of nitrogens with one attached hydrogen (secondary N) is 1. The zero-order valence-corrected chi connectivity index (χ0v) is 15.0. The Morgan fingerprint density at radius 1 is 1.23 bits per heavy atom. The Morgan fingerprint density at radius 3 is 2.96 bits per heavy atom. The second-order valence-electron chi connectivity index (χ2n) is 5.87. The van der Waals surface area contributed by atoms with E-state index in [2.05, 4.69) is 15.5 Å². The largest absolute Gasteiger partial charge is 0.486 e. The Labute approximate surface area is 154 Å². The van der Waals surface area contributed by atoms with Gasteiger partial charge in [-0.2, -0.15) is 0 Å². The third-order valence-electron chi connectivity index (χ3n) is 3.99. The number of aromatic nitrogens is 3. The number of carbonyl (C=O) groups excluding carboxylic acids is 1. The van der Waals surface area contributed by atoms with Crippen LogP contribution in [0.15, 0.2) is 47.5 Å². The standard InChI is InChI=1S/C18H18N4O3S/c1-12(18-21-20-16-4-2-3-7-22(16)18)19-17(23)11-26-13-5-6-14-15(10-13)25-9-8-24-14/h2-7,10,12H,8-9,11H2,1H3,(H,19,23). The summed E-state index contributed by atoms with van der Waals surface area (Å²) in [7, 11) is 0. The molecule has 1 unspecified atom stereocenters. The van der Waals surface area contributed by atoms with E-state index >= 15 is 0 Å². The van der Waals surface area contributed by atoms with Crippen LogP contribution in [-0.2, 0) is 4.79 Å². The molecule has 1 aliphatic heterocycles. The third kappa shape index (κ3) is 3.45. The van der Waals surface area contributed by atoms with Crippen LogP contribution in [-0.4, -0.2) is 39.5 Å². The van der Waals surface area contributed by atoms with Crippen molar-refractivity contribution in [3.8, 4) is 11.5 Å². The number of amides is 1. The zero-order chi connectivity index (χ0) is 17.9. The Kier molecular flexibility index (Phi) is 4.66. The summed E-state index contributed by atoms with van der Waals surface area (Å²) in [5.41, 5.74) is 0.759. The van der Waals surface area contributed by atoms with E-state index in [9.17, 15) is 4.79 Å². The summed E-state index contributed by atoms with van der Waals surface area (Å²) in [6.07, 6.45) is 1.89. The van der Waals surface area contributed by atoms with Crippen molar-refractivity contribution in [3.05, 3.63) is 48.4 Å². The minimum absolute atomic E-state index is 0.0647. The second kappa shape index (κ2) is 7.25. The first-order valence-electron chi connectivity index (χ1n) is 8.32. The Bertz CT molecular complexity index is 943. The fourth-order valence-corrected chi connectivity index (χ4v) is 3.50. The van der Waals surface area contributed by atoms with E-state index in [1.54, 1.807) is 0 Å². The van der Waals surface area contributed by atoms with Gasteiger partial charge in [-0.15, -0.1) is 22.0 Å². The van der Waals surface area contributed by atoms with Crippen molar-refractivity contribution in [2.75, 3.05) is 19.0 Å². The lowest BCUT2D eigenvalue weighted by molar-refractivity contribution is -0.119. The van der Waals surface area contributed by atoms with Crippen LogP contribution in [0.4, 0.5) is 0 Å². The number of hydrogen-bond donors (Lipinski definition) is 1. The number of pyridine rings is 1. The van der Waals surface area contributed by atoms with Gasteiger partial charge in [-0.05, 0) is 37.3 Å². The highest BCUT2D eigenvalue weighted by Gasteiger charge is 2.16. The first-order chi connectivity index (χ1) is 12.7. The summed E-state index contributed by atoms with van der Waals surface area (Å²) in [6, 6.07) is 11.2. The van der Waals surface area contributed by atoms with Gasteiger partial charge in [-0.1, -0.05) is 6.07 Å². The molecule has 0 fully saturated rings. The van der Waals surface area contributed by atoms with Crippen LogP contribution < -0.4 is 14.8 Å². The molecule has 3 heterocycles. The molecule has 134 valence electrons. The lowest BCUT2D eigenvalue weighted by Gasteiger charge is -2.18. The van der Waals surface area contributed by atoms with E-state index in [1.165, 1.54) is 11.8 Å². The number of benzene rings is 1. The first-order valence-corrected chi connectivity index (χ1v) is 9.31. The van der Waals surface area contributed by atoms with Crippen LogP contribution in [0.1, 0.15) is 18.8 Å². The second-order valence-corrected chi connectivity index (χ2v) is 6.92. The Morgan fingerprint density at radius 2 is 2.08 bits per heavy atom. The van der Waals surface area contributed by atoms with Crippen LogP contribution in [0.2, 0.25) is 0 Å². The Hall–Kier alpha value is -2.74. The average molecular weight is 370 g/mol. The number of thioether (sulfide) groups is 1. The Balaban J connectivity index is 1.36. The fourth-order valence-electron chi connectivity index (χ4n) is 2.77. The smallest absolute Gasteiger partial charge is 0.230 e. The van der Waals surface area contributed by atoms with Gasteiger partial charge in [0, 0.05) is 11.1 Å². The first kappa shape index (κ1) is 16.7. The van der Waals surface area contributed by atoms with Gasteiger partial charge in [0.15, 0.2) is 23.0 Å². The van der Waals surface area contributed by atoms with Crippen LogP contribution in [0.5, 0.6) is 11.5 Å². The zero-order valence-electron chi connectivity index (χ0n) is 14.2. The summed E-state index contributed by atoms with van der Waals surface area (Å²) in [5, 5.41) is 11.3. The molecule has 1 aliphatic rings. The van der Waals surface area contributed by atoms with Gasteiger partial charge in [0.2, 0.25) is 5.91 Å². The van der Waals surface area contributed by atoms with Gasteiger partial charge in [0.05, 0.1) is 11.8 Å². The molecule has 1 amide bonds. The van der Waals surface area contributed by atoms with Crippen LogP contribution in [0, 0.1) is 0 Å². The molecule has 2 aromatic heterocycles. The van der Waals surface area contributed by atoms with Crippen molar-refractivity contribution in [2.24, 2.45) is 0 Å². The lowest BCUT2D eigenvalue weighted by atomic mass is 10.3. The highest BCUT2D eigenvalue weighted by atomic mass is 32.2. The maximum absolute atomic E-state index is 12.3. The molecule has 1 N–H and O–H groups in total. The number of rotatable bonds is 5. The van der Waals surface area contributed by atoms with E-state index in [0.717, 1.165) is 22.0 Å². The molecule has 8 heteroatoms. The van der Waals surface area contributed by atoms with E-state index in [-0.39, 0.29) is 11.9 Å². The molecule has 0 saturated heterocycles. The minimum Gasteiger partial charge on any atom is -0.486 e. The third-order valence-corrected chi connectivity index (χ3v) is 4.98. The van der Waals surface area contributed by atoms with E-state index in [0.29, 0.717) is 24.8 Å². The summed E-state index contributed by atoms with van der Waals surface area (Å²) < 4.78 is 12.9. The number of ether oxygens (including phenoxy) is 2. The molecule has 0 spiro atoms. The monoisotopic (exact) mass is 370 g/mol. The molecule has 3 aromatic rings. The minimum atomic E-state index is -0.235. The van der Waals surface area contributed by atoms with Gasteiger partial charge in [0.25, 0.3) is 0 Å². The quantitative estimate of drug-likeness (QED) is 0.695. The normalized spacial score (nSPS) is 14.2. The summed E-state index contributed by atoms with van der Waals surface area (Å²) in [5.74, 6) is 2.42. The molecule has 0 saturated carbocycles. The molecular weight excluding hydrogens is 352 g/mol. The summed E-state index contributed by atoms with van der Waals surface area (Å²) in [6.45, 7) is 3.01. The summed E-state index contributed by atoms with van der Waals surface area (Å²) >= 11 is 1.45. The predicted molar refractivity (Wildman–Crippen MR) is 97.7 cm³/mol. The number of nitrogens with zero attached hydrogens (tertiary/aromatic N) is 3. The highest BCUT2D eigenvalue weighted by molar-refractivity contribution is 8.00. The molecule has 1 aromatic carbocycles. The molecule has 0 radical (unpaired) electrons. The number of carbonyl (C=O) groups is 1. The van der Waals surface area contributed by atoms with Gasteiger partial charge < -0.3 is 14.8 Å². The van der Waals surface area contributed by atoms with E-state index in [1.807, 2.05) is 53.9 Å². The molecule has 4 rings (SSSR count). The average Bonchev–Trinajstić information content (AvgIpc) is 3.10. The molecule has 0 bridgehead atoms.